The second-order valence-electron chi connectivity index (χ2n) is 10.7. The maximum atomic E-state index is 12.1. The Hall–Kier alpha value is -3.62. The predicted octanol–water partition coefficient (Wildman–Crippen LogP) is 6.90. The van der Waals surface area contributed by atoms with E-state index in [1.807, 2.05) is 43.3 Å². The lowest BCUT2D eigenvalue weighted by Gasteiger charge is -2.41. The molecule has 7 nitrogen and oxygen atoms in total. The van der Waals surface area contributed by atoms with Crippen LogP contribution < -0.4 is 25.2 Å². The van der Waals surface area contributed by atoms with Gasteiger partial charge in [-0.2, -0.15) is 0 Å². The van der Waals surface area contributed by atoms with Gasteiger partial charge in [0.2, 0.25) is 5.91 Å². The van der Waals surface area contributed by atoms with Crippen molar-refractivity contribution in [1.29, 1.82) is 0 Å². The van der Waals surface area contributed by atoms with Crippen molar-refractivity contribution in [3.8, 4) is 5.75 Å². The number of pyridine rings is 1. The monoisotopic (exact) mass is 575 g/mol. The highest BCUT2D eigenvalue weighted by molar-refractivity contribution is 7.80. The van der Waals surface area contributed by atoms with Gasteiger partial charge in [-0.25, -0.2) is 0 Å². The van der Waals surface area contributed by atoms with Crippen LogP contribution >= 0.6 is 23.8 Å². The average molecular weight is 576 g/mol. The third kappa shape index (κ3) is 4.90. The normalized spacial score (nSPS) is 19.6. The molecule has 1 aromatic heterocycles. The molecule has 208 valence electrons. The second-order valence-corrected chi connectivity index (χ2v) is 11.5. The van der Waals surface area contributed by atoms with Crippen LogP contribution in [0.25, 0.3) is 5.57 Å². The Morgan fingerprint density at radius 1 is 1.23 bits per heavy atom. The highest BCUT2D eigenvalue weighted by Gasteiger charge is 2.43. The quantitative estimate of drug-likeness (QED) is 0.310. The summed E-state index contributed by atoms with van der Waals surface area (Å²) in [6, 6.07) is 15.2. The van der Waals surface area contributed by atoms with E-state index in [9.17, 15) is 4.79 Å². The van der Waals surface area contributed by atoms with Crippen LogP contribution in [0.2, 0.25) is 5.02 Å². The van der Waals surface area contributed by atoms with Crippen molar-refractivity contribution >= 4 is 57.5 Å². The van der Waals surface area contributed by atoms with Crippen LogP contribution in [0.3, 0.4) is 0 Å². The number of anilines is 3. The molecule has 1 fully saturated rings. The smallest absolute Gasteiger partial charge is 0.224 e. The number of halogens is 1. The predicted molar refractivity (Wildman–Crippen MR) is 167 cm³/mol. The number of benzene rings is 2. The number of nitrogens with zero attached hydrogens (tertiary/aromatic N) is 3. The number of fused-ring (bicyclic) bond motifs is 1. The van der Waals surface area contributed by atoms with Crippen molar-refractivity contribution < 1.29 is 9.53 Å². The number of carbonyl (C=O) groups is 1. The van der Waals surface area contributed by atoms with E-state index in [2.05, 4.69) is 71.4 Å². The van der Waals surface area contributed by atoms with E-state index in [1.165, 1.54) is 5.57 Å². The second kappa shape index (κ2) is 10.7. The molecule has 0 radical (unpaired) electrons. The van der Waals surface area contributed by atoms with Gasteiger partial charge in [0.15, 0.2) is 5.11 Å². The average Bonchev–Trinajstić information content (AvgIpc) is 3.28. The van der Waals surface area contributed by atoms with Gasteiger partial charge in [-0.3, -0.25) is 9.78 Å². The summed E-state index contributed by atoms with van der Waals surface area (Å²) < 4.78 is 5.67. The highest BCUT2D eigenvalue weighted by atomic mass is 35.5. The molecule has 2 aromatic carbocycles. The van der Waals surface area contributed by atoms with Crippen LogP contribution in [0.4, 0.5) is 17.1 Å². The van der Waals surface area contributed by atoms with Crippen LogP contribution in [0.15, 0.2) is 60.8 Å². The Labute approximate surface area is 246 Å². The van der Waals surface area contributed by atoms with Crippen molar-refractivity contribution in [2.24, 2.45) is 0 Å². The number of rotatable bonds is 6. The summed E-state index contributed by atoms with van der Waals surface area (Å²) in [5.74, 6) is 0.455. The molecule has 9 heteroatoms. The van der Waals surface area contributed by atoms with Gasteiger partial charge in [-0.05, 0) is 80.5 Å². The van der Waals surface area contributed by atoms with E-state index in [1.54, 1.807) is 13.3 Å². The Morgan fingerprint density at radius 2 is 2.00 bits per heavy atom. The number of hydrogen-bond donors (Lipinski definition) is 2. The van der Waals surface area contributed by atoms with E-state index in [0.29, 0.717) is 28.0 Å². The number of aromatic nitrogens is 1. The van der Waals surface area contributed by atoms with E-state index >= 15 is 0 Å². The fraction of sp³-hybridized carbons (Fsp3) is 0.323. The molecule has 2 aliphatic rings. The van der Waals surface area contributed by atoms with Crippen molar-refractivity contribution in [1.82, 2.24) is 10.3 Å². The van der Waals surface area contributed by atoms with Gasteiger partial charge in [0, 0.05) is 47.7 Å². The summed E-state index contributed by atoms with van der Waals surface area (Å²) >= 11 is 13.0. The highest BCUT2D eigenvalue weighted by Crippen LogP contribution is 2.48. The fourth-order valence-corrected chi connectivity index (χ4v) is 6.15. The minimum absolute atomic E-state index is 0.0880. The molecule has 3 heterocycles. The van der Waals surface area contributed by atoms with Crippen molar-refractivity contribution in [3.05, 3.63) is 82.6 Å². The standard InChI is InChI=1S/C31H34ClN5O2S/c1-7-27(38)34-23-12-11-19(14-26(23)39-6)37-29(28(35-30(37)40)24-10-8-9-13-33-24)21-15-20-18(2)17-31(3,4)36(5)25(20)16-22(21)32/h8-17,28-29H,7H2,1-6H3,(H,34,38)(H,35,40)/t28-,29+/m1/s1. The summed E-state index contributed by atoms with van der Waals surface area (Å²) in [6.07, 6.45) is 4.44. The first-order chi connectivity index (χ1) is 19.1. The van der Waals surface area contributed by atoms with Gasteiger partial charge in [-0.15, -0.1) is 0 Å². The fourth-order valence-electron chi connectivity index (χ4n) is 5.54. The van der Waals surface area contributed by atoms with Crippen LogP contribution in [0.1, 0.15) is 63.0 Å². The van der Waals surface area contributed by atoms with Crippen molar-refractivity contribution in [2.75, 3.05) is 29.3 Å². The summed E-state index contributed by atoms with van der Waals surface area (Å²) in [6.45, 7) is 8.34. The van der Waals surface area contributed by atoms with Gasteiger partial charge < -0.3 is 25.2 Å². The summed E-state index contributed by atoms with van der Waals surface area (Å²) in [4.78, 5) is 21.1. The zero-order valence-electron chi connectivity index (χ0n) is 23.6. The lowest BCUT2D eigenvalue weighted by atomic mass is 9.86. The lowest BCUT2D eigenvalue weighted by molar-refractivity contribution is -0.115. The zero-order valence-corrected chi connectivity index (χ0v) is 25.2. The first-order valence-corrected chi connectivity index (χ1v) is 14.1. The molecule has 1 amide bonds. The molecule has 2 N–H and O–H groups in total. The van der Waals surface area contributed by atoms with Crippen LogP contribution in [-0.4, -0.2) is 35.7 Å². The molecule has 0 saturated carbocycles. The number of thiocarbonyl (C=S) groups is 1. The van der Waals surface area contributed by atoms with E-state index in [0.717, 1.165) is 28.2 Å². The molecule has 40 heavy (non-hydrogen) atoms. The third-order valence-corrected chi connectivity index (χ3v) is 8.45. The minimum Gasteiger partial charge on any atom is -0.494 e. The Balaban J connectivity index is 1.67. The first kappa shape index (κ1) is 27.9. The van der Waals surface area contributed by atoms with Gasteiger partial charge >= 0.3 is 0 Å². The Morgan fingerprint density at radius 3 is 2.67 bits per heavy atom. The summed E-state index contributed by atoms with van der Waals surface area (Å²) in [7, 11) is 3.68. The molecule has 5 rings (SSSR count). The number of allylic oxidation sites excluding steroid dienone is 1. The maximum absolute atomic E-state index is 12.1. The molecule has 0 aliphatic carbocycles. The van der Waals surface area contributed by atoms with Gasteiger partial charge in [0.1, 0.15) is 5.75 Å². The first-order valence-electron chi connectivity index (χ1n) is 13.3. The molecular weight excluding hydrogens is 542 g/mol. The molecule has 2 aliphatic heterocycles. The topological polar surface area (TPSA) is 69.7 Å². The van der Waals surface area contributed by atoms with Crippen LogP contribution in [-0.2, 0) is 4.79 Å². The van der Waals surface area contributed by atoms with E-state index in [-0.39, 0.29) is 23.5 Å². The van der Waals surface area contributed by atoms with Crippen molar-refractivity contribution in [2.45, 2.75) is 51.7 Å². The molecule has 1 saturated heterocycles. The van der Waals surface area contributed by atoms with E-state index in [4.69, 9.17) is 28.6 Å². The minimum atomic E-state index is -0.297. The number of likely N-dealkylation sites (N-methyl/N-ethyl adjacent to an activating group) is 1. The number of hydrogen-bond acceptors (Lipinski definition) is 5. The van der Waals surface area contributed by atoms with Crippen molar-refractivity contribution in [3.63, 3.8) is 0 Å². The van der Waals surface area contributed by atoms with Gasteiger partial charge in [0.05, 0.1) is 36.1 Å². The number of nitrogens with one attached hydrogen (secondary N) is 2. The van der Waals surface area contributed by atoms with Gasteiger partial charge in [0.25, 0.3) is 0 Å². The molecule has 2 atom stereocenters. The number of methoxy groups -OCH3 is 1. The molecule has 0 spiro atoms. The zero-order chi connectivity index (χ0) is 28.8. The number of carbonyl (C=O) groups excluding carboxylic acids is 1. The summed E-state index contributed by atoms with van der Waals surface area (Å²) in [5.41, 5.74) is 6.50. The van der Waals surface area contributed by atoms with Crippen LogP contribution in [0, 0.1) is 0 Å². The molecular formula is C31H34ClN5O2S. The number of amides is 1. The maximum Gasteiger partial charge on any atom is 0.224 e. The van der Waals surface area contributed by atoms with Gasteiger partial charge in [-0.1, -0.05) is 30.7 Å². The summed E-state index contributed by atoms with van der Waals surface area (Å²) in [5, 5.41) is 7.60. The van der Waals surface area contributed by atoms with Crippen LogP contribution in [0.5, 0.6) is 5.75 Å². The Kier molecular flexibility index (Phi) is 7.50. The number of ether oxygens (including phenoxy) is 1. The van der Waals surface area contributed by atoms with E-state index < -0.39 is 0 Å². The molecule has 0 bridgehead atoms. The molecule has 0 unspecified atom stereocenters. The molecule has 3 aromatic rings. The lowest BCUT2D eigenvalue weighted by Crippen LogP contribution is -2.42. The largest absolute Gasteiger partial charge is 0.494 e. The Bertz CT molecular complexity index is 1510. The third-order valence-electron chi connectivity index (χ3n) is 7.81. The SMILES string of the molecule is CCC(=O)Nc1ccc(N2C(=S)N[C@H](c3ccccn3)[C@@H]2c2cc3c(cc2Cl)N(C)C(C)(C)C=C3C)cc1OC.